The molecule has 0 aliphatic heterocycles. The van der Waals surface area contributed by atoms with Gasteiger partial charge in [0.25, 0.3) is 0 Å². The smallest absolute Gasteiger partial charge is 0.124 e. The zero-order valence-electron chi connectivity index (χ0n) is 12.2. The minimum absolute atomic E-state index is 0.0912. The van der Waals surface area contributed by atoms with Crippen molar-refractivity contribution in [3.05, 3.63) is 29.6 Å². The Labute approximate surface area is 125 Å². The lowest BCUT2D eigenvalue weighted by Crippen LogP contribution is -2.16. The van der Waals surface area contributed by atoms with Crippen LogP contribution >= 0.6 is 11.8 Å². The third-order valence-electron chi connectivity index (χ3n) is 4.29. The average molecular weight is 293 g/mol. The Balaban J connectivity index is 1.62. The molecular formula is C17H24FNS. The third-order valence-corrected chi connectivity index (χ3v) is 5.56. The van der Waals surface area contributed by atoms with Crippen molar-refractivity contribution < 1.29 is 4.39 Å². The van der Waals surface area contributed by atoms with E-state index in [1.807, 2.05) is 11.8 Å². The summed E-state index contributed by atoms with van der Waals surface area (Å²) in [6.07, 6.45) is 7.78. The molecule has 2 fully saturated rings. The summed E-state index contributed by atoms with van der Waals surface area (Å²) in [6, 6.07) is 6.21. The van der Waals surface area contributed by atoms with Gasteiger partial charge in [0.2, 0.25) is 0 Å². The van der Waals surface area contributed by atoms with Crippen molar-refractivity contribution in [3.8, 4) is 0 Å². The van der Waals surface area contributed by atoms with Gasteiger partial charge < -0.3 is 5.32 Å². The molecule has 3 rings (SSSR count). The SMILES string of the molecule is CC1CCCC(Sc2cc(F)cc(CNC3CC3)c2)C1. The molecule has 2 atom stereocenters. The first-order valence-electron chi connectivity index (χ1n) is 7.88. The summed E-state index contributed by atoms with van der Waals surface area (Å²) in [4.78, 5) is 1.11. The molecule has 3 heteroatoms. The third kappa shape index (κ3) is 4.23. The zero-order chi connectivity index (χ0) is 13.9. The van der Waals surface area contributed by atoms with Gasteiger partial charge >= 0.3 is 0 Å². The van der Waals surface area contributed by atoms with Crippen LogP contribution in [0.3, 0.4) is 0 Å². The molecule has 0 radical (unpaired) electrons. The van der Waals surface area contributed by atoms with E-state index in [2.05, 4.69) is 18.3 Å². The van der Waals surface area contributed by atoms with Crippen LogP contribution in [0, 0.1) is 11.7 Å². The van der Waals surface area contributed by atoms with Crippen molar-refractivity contribution in [1.82, 2.24) is 5.32 Å². The Bertz CT molecular complexity index is 458. The van der Waals surface area contributed by atoms with Crippen LogP contribution in [0.4, 0.5) is 4.39 Å². The van der Waals surface area contributed by atoms with Gasteiger partial charge in [-0.1, -0.05) is 19.8 Å². The highest BCUT2D eigenvalue weighted by Gasteiger charge is 2.21. The van der Waals surface area contributed by atoms with Crippen LogP contribution < -0.4 is 5.32 Å². The number of hydrogen-bond acceptors (Lipinski definition) is 2. The fourth-order valence-electron chi connectivity index (χ4n) is 3.02. The van der Waals surface area contributed by atoms with Crippen LogP contribution in [-0.4, -0.2) is 11.3 Å². The van der Waals surface area contributed by atoms with Crippen LogP contribution in [0.5, 0.6) is 0 Å². The highest BCUT2D eigenvalue weighted by molar-refractivity contribution is 8.00. The number of thioether (sulfide) groups is 1. The molecule has 0 spiro atoms. The van der Waals surface area contributed by atoms with Gasteiger partial charge in [0.1, 0.15) is 5.82 Å². The second-order valence-corrected chi connectivity index (χ2v) is 7.84. The Hall–Kier alpha value is -0.540. The molecule has 0 bridgehead atoms. The minimum atomic E-state index is -0.0912. The monoisotopic (exact) mass is 293 g/mol. The fourth-order valence-corrected chi connectivity index (χ4v) is 4.51. The molecule has 110 valence electrons. The maximum Gasteiger partial charge on any atom is 0.124 e. The van der Waals surface area contributed by atoms with E-state index in [-0.39, 0.29) is 5.82 Å². The topological polar surface area (TPSA) is 12.0 Å². The summed E-state index contributed by atoms with van der Waals surface area (Å²) in [5, 5.41) is 4.13. The van der Waals surface area contributed by atoms with E-state index < -0.39 is 0 Å². The number of nitrogens with one attached hydrogen (secondary N) is 1. The van der Waals surface area contributed by atoms with Crippen molar-refractivity contribution in [2.45, 2.75) is 68.2 Å². The molecule has 1 N–H and O–H groups in total. The second kappa shape index (κ2) is 6.48. The first-order chi connectivity index (χ1) is 9.69. The number of halogens is 1. The van der Waals surface area contributed by atoms with Crippen molar-refractivity contribution in [3.63, 3.8) is 0 Å². The van der Waals surface area contributed by atoms with E-state index in [9.17, 15) is 4.39 Å². The molecule has 2 aliphatic carbocycles. The van der Waals surface area contributed by atoms with E-state index in [1.165, 1.54) is 38.5 Å². The quantitative estimate of drug-likeness (QED) is 0.841. The van der Waals surface area contributed by atoms with E-state index in [4.69, 9.17) is 0 Å². The summed E-state index contributed by atoms with van der Waals surface area (Å²) in [6.45, 7) is 3.14. The Morgan fingerprint density at radius 1 is 1.20 bits per heavy atom. The summed E-state index contributed by atoms with van der Waals surface area (Å²) in [7, 11) is 0. The fraction of sp³-hybridized carbons (Fsp3) is 0.647. The van der Waals surface area contributed by atoms with Gasteiger partial charge in [-0.25, -0.2) is 4.39 Å². The van der Waals surface area contributed by atoms with Gasteiger partial charge in [-0.2, -0.15) is 0 Å². The van der Waals surface area contributed by atoms with E-state index in [0.29, 0.717) is 11.3 Å². The van der Waals surface area contributed by atoms with Gasteiger partial charge in [0.15, 0.2) is 0 Å². The standard InChI is InChI=1S/C17H24FNS/c1-12-3-2-4-16(7-12)20-17-9-13(8-14(18)10-17)11-19-15-5-6-15/h8-10,12,15-16,19H,2-7,11H2,1H3. The number of hydrogen-bond donors (Lipinski definition) is 1. The largest absolute Gasteiger partial charge is 0.310 e. The van der Waals surface area contributed by atoms with Gasteiger partial charge in [-0.05, 0) is 55.4 Å². The zero-order valence-corrected chi connectivity index (χ0v) is 13.0. The highest BCUT2D eigenvalue weighted by Crippen LogP contribution is 2.36. The van der Waals surface area contributed by atoms with E-state index in [1.54, 1.807) is 12.1 Å². The molecule has 1 nitrogen and oxygen atoms in total. The van der Waals surface area contributed by atoms with Crippen LogP contribution in [-0.2, 0) is 6.54 Å². The summed E-state index contributed by atoms with van der Waals surface area (Å²) in [5.74, 6) is 0.734. The normalized spacial score (nSPS) is 26.7. The van der Waals surface area contributed by atoms with Crippen molar-refractivity contribution in [2.75, 3.05) is 0 Å². The maximum absolute atomic E-state index is 13.8. The predicted molar refractivity (Wildman–Crippen MR) is 83.5 cm³/mol. The minimum Gasteiger partial charge on any atom is -0.310 e. The highest BCUT2D eigenvalue weighted by atomic mass is 32.2. The molecule has 0 aromatic heterocycles. The van der Waals surface area contributed by atoms with Crippen LogP contribution in [0.1, 0.15) is 51.0 Å². The molecule has 2 aliphatic rings. The lowest BCUT2D eigenvalue weighted by atomic mass is 9.91. The summed E-state index contributed by atoms with van der Waals surface area (Å²) < 4.78 is 13.8. The molecule has 1 aromatic carbocycles. The van der Waals surface area contributed by atoms with Gasteiger partial charge in [0, 0.05) is 22.7 Å². The number of benzene rings is 1. The lowest BCUT2D eigenvalue weighted by molar-refractivity contribution is 0.394. The Morgan fingerprint density at radius 3 is 2.80 bits per heavy atom. The Kier molecular flexibility index (Phi) is 4.67. The molecule has 20 heavy (non-hydrogen) atoms. The van der Waals surface area contributed by atoms with Crippen molar-refractivity contribution in [1.29, 1.82) is 0 Å². The molecule has 2 saturated carbocycles. The average Bonchev–Trinajstić information content (AvgIpc) is 3.20. The molecule has 0 saturated heterocycles. The van der Waals surface area contributed by atoms with E-state index in [0.717, 1.165) is 22.9 Å². The lowest BCUT2D eigenvalue weighted by Gasteiger charge is -2.26. The Morgan fingerprint density at radius 2 is 2.05 bits per heavy atom. The molecule has 1 aromatic rings. The first-order valence-corrected chi connectivity index (χ1v) is 8.76. The van der Waals surface area contributed by atoms with Gasteiger partial charge in [-0.15, -0.1) is 11.8 Å². The van der Waals surface area contributed by atoms with Crippen molar-refractivity contribution >= 4 is 11.8 Å². The second-order valence-electron chi connectivity index (χ2n) is 6.46. The predicted octanol–water partition coefficient (Wildman–Crippen LogP) is 4.75. The van der Waals surface area contributed by atoms with Crippen LogP contribution in [0.25, 0.3) is 0 Å². The van der Waals surface area contributed by atoms with E-state index >= 15 is 0 Å². The summed E-state index contributed by atoms with van der Waals surface area (Å²) in [5.41, 5.74) is 1.09. The van der Waals surface area contributed by atoms with Crippen LogP contribution in [0.15, 0.2) is 23.1 Å². The molecule has 2 unspecified atom stereocenters. The molecule has 0 heterocycles. The van der Waals surface area contributed by atoms with Gasteiger partial charge in [0.05, 0.1) is 0 Å². The van der Waals surface area contributed by atoms with Gasteiger partial charge in [-0.3, -0.25) is 0 Å². The number of rotatable bonds is 5. The first kappa shape index (κ1) is 14.4. The summed E-state index contributed by atoms with van der Waals surface area (Å²) >= 11 is 1.88. The molecule has 0 amide bonds. The van der Waals surface area contributed by atoms with Crippen molar-refractivity contribution in [2.24, 2.45) is 5.92 Å². The van der Waals surface area contributed by atoms with Crippen LogP contribution in [0.2, 0.25) is 0 Å². The molecular weight excluding hydrogens is 269 g/mol. The maximum atomic E-state index is 13.8.